The van der Waals surface area contributed by atoms with Crippen molar-refractivity contribution in [2.24, 2.45) is 0 Å². The van der Waals surface area contributed by atoms with E-state index in [2.05, 4.69) is 15.6 Å². The summed E-state index contributed by atoms with van der Waals surface area (Å²) in [4.78, 5) is 27.3. The van der Waals surface area contributed by atoms with Gasteiger partial charge in [0.05, 0.1) is 6.42 Å². The number of carbonyl (C=O) groups excluding carboxylic acids is 2. The number of benzene rings is 2. The highest BCUT2D eigenvalue weighted by atomic mass is 16.2. The molecule has 0 aliphatic rings. The lowest BCUT2D eigenvalue weighted by atomic mass is 10.1. The molecule has 2 amide bonds. The van der Waals surface area contributed by atoms with Crippen LogP contribution in [0, 0.1) is 0 Å². The fourth-order valence-corrected chi connectivity index (χ4v) is 2.66. The second-order valence-corrected chi connectivity index (χ2v) is 5.52. The third kappa shape index (κ3) is 3.46. The first-order valence-electron chi connectivity index (χ1n) is 7.90. The summed E-state index contributed by atoms with van der Waals surface area (Å²) < 4.78 is 0. The van der Waals surface area contributed by atoms with Gasteiger partial charge in [0.25, 0.3) is 5.91 Å². The van der Waals surface area contributed by atoms with Crippen LogP contribution in [0.25, 0.3) is 10.9 Å². The van der Waals surface area contributed by atoms with E-state index in [-0.39, 0.29) is 18.2 Å². The summed E-state index contributed by atoms with van der Waals surface area (Å²) in [6, 6.07) is 14.8. The molecule has 3 aromatic rings. The molecular formula is C19H19N3O2. The van der Waals surface area contributed by atoms with E-state index in [9.17, 15) is 9.59 Å². The zero-order valence-corrected chi connectivity index (χ0v) is 13.4. The van der Waals surface area contributed by atoms with Gasteiger partial charge >= 0.3 is 0 Å². The zero-order valence-electron chi connectivity index (χ0n) is 13.4. The molecule has 0 bridgehead atoms. The first kappa shape index (κ1) is 15.8. The molecule has 0 radical (unpaired) electrons. The Kier molecular flexibility index (Phi) is 4.61. The normalized spacial score (nSPS) is 10.5. The minimum absolute atomic E-state index is 0.118. The van der Waals surface area contributed by atoms with Crippen LogP contribution >= 0.6 is 0 Å². The van der Waals surface area contributed by atoms with Gasteiger partial charge in [0, 0.05) is 34.9 Å². The molecule has 1 aromatic heterocycles. The second-order valence-electron chi connectivity index (χ2n) is 5.52. The van der Waals surface area contributed by atoms with Crippen LogP contribution in [0.5, 0.6) is 0 Å². The van der Waals surface area contributed by atoms with Crippen LogP contribution in [0.2, 0.25) is 0 Å². The van der Waals surface area contributed by atoms with Crippen molar-refractivity contribution in [3.63, 3.8) is 0 Å². The SMILES string of the molecule is CCNC(=O)c1cccc(NC(=O)Cc2c[nH]c3ccccc23)c1. The minimum Gasteiger partial charge on any atom is -0.361 e. The Balaban J connectivity index is 1.71. The van der Waals surface area contributed by atoms with Crippen molar-refractivity contribution in [2.45, 2.75) is 13.3 Å². The van der Waals surface area contributed by atoms with E-state index in [0.29, 0.717) is 17.8 Å². The van der Waals surface area contributed by atoms with Gasteiger partial charge in [0.15, 0.2) is 0 Å². The standard InChI is InChI=1S/C19H19N3O2/c1-2-20-19(24)13-6-5-7-15(10-13)22-18(23)11-14-12-21-17-9-4-3-8-16(14)17/h3-10,12,21H,2,11H2,1H3,(H,20,24)(H,22,23). The zero-order chi connectivity index (χ0) is 16.9. The third-order valence-corrected chi connectivity index (χ3v) is 3.77. The van der Waals surface area contributed by atoms with Crippen molar-refractivity contribution in [2.75, 3.05) is 11.9 Å². The Morgan fingerprint density at radius 1 is 1.08 bits per heavy atom. The fourth-order valence-electron chi connectivity index (χ4n) is 2.66. The van der Waals surface area contributed by atoms with Crippen LogP contribution in [0.3, 0.4) is 0 Å². The number of rotatable bonds is 5. The molecule has 0 saturated carbocycles. The summed E-state index contributed by atoms with van der Waals surface area (Å²) in [5.41, 5.74) is 3.10. The number of H-pyrrole nitrogens is 1. The molecule has 122 valence electrons. The molecule has 3 N–H and O–H groups in total. The summed E-state index contributed by atoms with van der Waals surface area (Å²) in [5, 5.41) is 6.64. The molecular weight excluding hydrogens is 302 g/mol. The van der Waals surface area contributed by atoms with Gasteiger partial charge in [-0.15, -0.1) is 0 Å². The van der Waals surface area contributed by atoms with Crippen molar-refractivity contribution < 1.29 is 9.59 Å². The van der Waals surface area contributed by atoms with Crippen LogP contribution in [0.4, 0.5) is 5.69 Å². The molecule has 3 rings (SSSR count). The molecule has 5 nitrogen and oxygen atoms in total. The summed E-state index contributed by atoms with van der Waals surface area (Å²) in [5.74, 6) is -0.266. The first-order valence-corrected chi connectivity index (χ1v) is 7.90. The monoisotopic (exact) mass is 321 g/mol. The van der Waals surface area contributed by atoms with Crippen LogP contribution < -0.4 is 10.6 Å². The largest absolute Gasteiger partial charge is 0.361 e. The molecule has 0 fully saturated rings. The number of anilines is 1. The van der Waals surface area contributed by atoms with Gasteiger partial charge in [-0.1, -0.05) is 24.3 Å². The maximum Gasteiger partial charge on any atom is 0.251 e. The number of aromatic nitrogens is 1. The maximum atomic E-state index is 12.3. The average molecular weight is 321 g/mol. The molecule has 2 aromatic carbocycles. The summed E-state index contributed by atoms with van der Waals surface area (Å²) in [6.07, 6.45) is 2.13. The average Bonchev–Trinajstić information content (AvgIpc) is 2.98. The lowest BCUT2D eigenvalue weighted by Crippen LogP contribution is -2.23. The quantitative estimate of drug-likeness (QED) is 0.675. The van der Waals surface area contributed by atoms with Crippen LogP contribution in [-0.2, 0) is 11.2 Å². The van der Waals surface area contributed by atoms with E-state index >= 15 is 0 Å². The van der Waals surface area contributed by atoms with Crippen molar-refractivity contribution >= 4 is 28.4 Å². The third-order valence-electron chi connectivity index (χ3n) is 3.77. The predicted octanol–water partition coefficient (Wildman–Crippen LogP) is 3.10. The molecule has 0 atom stereocenters. The number of fused-ring (bicyclic) bond motifs is 1. The van der Waals surface area contributed by atoms with Gasteiger partial charge < -0.3 is 15.6 Å². The van der Waals surface area contributed by atoms with Gasteiger partial charge in [-0.3, -0.25) is 9.59 Å². The molecule has 0 spiro atoms. The Morgan fingerprint density at radius 3 is 2.75 bits per heavy atom. The summed E-state index contributed by atoms with van der Waals surface area (Å²) >= 11 is 0. The number of para-hydroxylation sites is 1. The maximum absolute atomic E-state index is 12.3. The fraction of sp³-hybridized carbons (Fsp3) is 0.158. The Labute approximate surface area is 140 Å². The first-order chi connectivity index (χ1) is 11.7. The van der Waals surface area contributed by atoms with E-state index in [1.165, 1.54) is 0 Å². The molecule has 0 aliphatic heterocycles. The van der Waals surface area contributed by atoms with E-state index < -0.39 is 0 Å². The minimum atomic E-state index is -0.148. The number of hydrogen-bond donors (Lipinski definition) is 3. The molecule has 0 unspecified atom stereocenters. The van der Waals surface area contributed by atoms with E-state index in [1.54, 1.807) is 24.3 Å². The lowest BCUT2D eigenvalue weighted by Gasteiger charge is -2.07. The second kappa shape index (κ2) is 7.00. The molecule has 1 heterocycles. The number of amides is 2. The highest BCUT2D eigenvalue weighted by molar-refractivity contribution is 5.98. The number of nitrogens with one attached hydrogen (secondary N) is 3. The topological polar surface area (TPSA) is 74.0 Å². The summed E-state index contributed by atoms with van der Waals surface area (Å²) in [7, 11) is 0. The van der Waals surface area contributed by atoms with E-state index in [1.807, 2.05) is 37.4 Å². The van der Waals surface area contributed by atoms with Gasteiger partial charge in [-0.25, -0.2) is 0 Å². The van der Waals surface area contributed by atoms with Gasteiger partial charge in [-0.05, 0) is 36.8 Å². The van der Waals surface area contributed by atoms with Crippen LogP contribution in [-0.4, -0.2) is 23.3 Å². The highest BCUT2D eigenvalue weighted by Crippen LogP contribution is 2.19. The van der Waals surface area contributed by atoms with Crippen molar-refractivity contribution in [3.8, 4) is 0 Å². The highest BCUT2D eigenvalue weighted by Gasteiger charge is 2.10. The van der Waals surface area contributed by atoms with Gasteiger partial charge in [0.2, 0.25) is 5.91 Å². The lowest BCUT2D eigenvalue weighted by molar-refractivity contribution is -0.115. The molecule has 5 heteroatoms. The Bertz CT molecular complexity index is 883. The van der Waals surface area contributed by atoms with Crippen molar-refractivity contribution in [1.29, 1.82) is 0 Å². The molecule has 24 heavy (non-hydrogen) atoms. The van der Waals surface area contributed by atoms with Crippen molar-refractivity contribution in [1.82, 2.24) is 10.3 Å². The van der Waals surface area contributed by atoms with E-state index in [0.717, 1.165) is 16.5 Å². The summed E-state index contributed by atoms with van der Waals surface area (Å²) in [6.45, 7) is 2.43. The number of aromatic amines is 1. The van der Waals surface area contributed by atoms with Gasteiger partial charge in [-0.2, -0.15) is 0 Å². The molecule has 0 saturated heterocycles. The number of hydrogen-bond acceptors (Lipinski definition) is 2. The number of carbonyl (C=O) groups is 2. The van der Waals surface area contributed by atoms with Crippen LogP contribution in [0.1, 0.15) is 22.8 Å². The van der Waals surface area contributed by atoms with Gasteiger partial charge in [0.1, 0.15) is 0 Å². The Morgan fingerprint density at radius 2 is 1.92 bits per heavy atom. The smallest absolute Gasteiger partial charge is 0.251 e. The van der Waals surface area contributed by atoms with Crippen molar-refractivity contribution in [3.05, 3.63) is 65.9 Å². The van der Waals surface area contributed by atoms with Crippen LogP contribution in [0.15, 0.2) is 54.7 Å². The Hall–Kier alpha value is -3.08. The molecule has 0 aliphatic carbocycles. The predicted molar refractivity (Wildman–Crippen MR) is 95.1 cm³/mol. The van der Waals surface area contributed by atoms with E-state index in [4.69, 9.17) is 0 Å².